The van der Waals surface area contributed by atoms with E-state index < -0.39 is 0 Å². The molecule has 2 aromatic rings. The number of nitrogens with one attached hydrogen (secondary N) is 2. The van der Waals surface area contributed by atoms with Crippen LogP contribution in [0.25, 0.3) is 0 Å². The van der Waals surface area contributed by atoms with Crippen molar-refractivity contribution in [3.63, 3.8) is 0 Å². The topological polar surface area (TPSA) is 54.9 Å². The molecule has 0 heterocycles. The molecule has 0 bridgehead atoms. The second-order valence-electron chi connectivity index (χ2n) is 6.78. The van der Waals surface area contributed by atoms with E-state index in [4.69, 9.17) is 14.5 Å². The van der Waals surface area contributed by atoms with E-state index >= 15 is 0 Å². The molecule has 2 atom stereocenters. The molecule has 144 valence electrons. The minimum Gasteiger partial charge on any atom is -0.493 e. The summed E-state index contributed by atoms with van der Waals surface area (Å²) < 4.78 is 10.7. The Hall–Kier alpha value is -2.69. The average Bonchev–Trinajstić information content (AvgIpc) is 3.50. The quantitative estimate of drug-likeness (QED) is 0.553. The highest BCUT2D eigenvalue weighted by atomic mass is 16.5. The maximum atomic E-state index is 5.37. The standard InChI is InChI=1S/C22H29N3O2/c1-4-23-22(24-14-16-10-11-20(26-2)21(12-16)27-3)25-15-18-13-19(18)17-8-6-5-7-9-17/h5-12,18-19H,4,13-15H2,1-3H3,(H2,23,24,25). The van der Waals surface area contributed by atoms with Gasteiger partial charge in [-0.3, -0.25) is 0 Å². The highest BCUT2D eigenvalue weighted by Crippen LogP contribution is 2.46. The summed E-state index contributed by atoms with van der Waals surface area (Å²) in [6.45, 7) is 4.45. The first kappa shape index (κ1) is 19.1. The van der Waals surface area contributed by atoms with E-state index in [1.54, 1.807) is 14.2 Å². The van der Waals surface area contributed by atoms with E-state index in [-0.39, 0.29) is 0 Å². The summed E-state index contributed by atoms with van der Waals surface area (Å²) in [6, 6.07) is 16.7. The van der Waals surface area contributed by atoms with Gasteiger partial charge in [-0.1, -0.05) is 36.4 Å². The smallest absolute Gasteiger partial charge is 0.191 e. The molecule has 1 aliphatic rings. The number of aliphatic imine (C=N–C) groups is 1. The molecule has 0 amide bonds. The molecule has 1 aliphatic carbocycles. The van der Waals surface area contributed by atoms with Gasteiger partial charge < -0.3 is 20.1 Å². The first-order valence-corrected chi connectivity index (χ1v) is 9.53. The minimum absolute atomic E-state index is 0.586. The van der Waals surface area contributed by atoms with Crippen LogP contribution in [0.1, 0.15) is 30.4 Å². The molecule has 5 heteroatoms. The number of hydrogen-bond donors (Lipinski definition) is 2. The Labute approximate surface area is 161 Å². The number of hydrogen-bond acceptors (Lipinski definition) is 3. The third-order valence-electron chi connectivity index (χ3n) is 4.89. The molecule has 1 saturated carbocycles. The van der Waals surface area contributed by atoms with Gasteiger partial charge in [-0.25, -0.2) is 4.99 Å². The molecule has 0 aromatic heterocycles. The molecule has 3 rings (SSSR count). The molecule has 0 radical (unpaired) electrons. The molecule has 2 aromatic carbocycles. The summed E-state index contributed by atoms with van der Waals surface area (Å²) >= 11 is 0. The van der Waals surface area contributed by atoms with E-state index in [0.29, 0.717) is 18.4 Å². The number of rotatable bonds is 8. The molecule has 5 nitrogen and oxygen atoms in total. The first-order valence-electron chi connectivity index (χ1n) is 9.53. The number of guanidine groups is 1. The zero-order valence-corrected chi connectivity index (χ0v) is 16.4. The Morgan fingerprint density at radius 1 is 1.04 bits per heavy atom. The van der Waals surface area contributed by atoms with Gasteiger partial charge in [-0.05, 0) is 48.4 Å². The summed E-state index contributed by atoms with van der Waals surface area (Å²) in [7, 11) is 3.29. The molecule has 0 saturated heterocycles. The fraction of sp³-hybridized carbons (Fsp3) is 0.409. The van der Waals surface area contributed by atoms with Gasteiger partial charge >= 0.3 is 0 Å². The van der Waals surface area contributed by atoms with Crippen LogP contribution >= 0.6 is 0 Å². The second-order valence-corrected chi connectivity index (χ2v) is 6.78. The van der Waals surface area contributed by atoms with Crippen LogP contribution in [0.5, 0.6) is 11.5 Å². The van der Waals surface area contributed by atoms with Crippen molar-refractivity contribution < 1.29 is 9.47 Å². The zero-order chi connectivity index (χ0) is 19.1. The molecular weight excluding hydrogens is 338 g/mol. The highest BCUT2D eigenvalue weighted by Gasteiger charge is 2.37. The molecule has 1 fully saturated rings. The largest absolute Gasteiger partial charge is 0.493 e. The monoisotopic (exact) mass is 367 g/mol. The lowest BCUT2D eigenvalue weighted by Gasteiger charge is -2.12. The fourth-order valence-corrected chi connectivity index (χ4v) is 3.30. The summed E-state index contributed by atoms with van der Waals surface area (Å²) in [4.78, 5) is 4.71. The van der Waals surface area contributed by atoms with Crippen molar-refractivity contribution in [2.75, 3.05) is 27.3 Å². The zero-order valence-electron chi connectivity index (χ0n) is 16.4. The van der Waals surface area contributed by atoms with E-state index in [1.807, 2.05) is 18.2 Å². The normalized spacial score (nSPS) is 18.7. The summed E-state index contributed by atoms with van der Waals surface area (Å²) in [5, 5.41) is 6.81. The predicted molar refractivity (Wildman–Crippen MR) is 110 cm³/mol. The first-order chi connectivity index (χ1) is 13.2. The molecule has 0 spiro atoms. The number of nitrogens with zero attached hydrogens (tertiary/aromatic N) is 1. The number of benzene rings is 2. The molecule has 27 heavy (non-hydrogen) atoms. The van der Waals surface area contributed by atoms with E-state index in [1.165, 1.54) is 12.0 Å². The van der Waals surface area contributed by atoms with Gasteiger partial charge in [0.1, 0.15) is 0 Å². The highest BCUT2D eigenvalue weighted by molar-refractivity contribution is 5.79. The van der Waals surface area contributed by atoms with Crippen LogP contribution in [-0.4, -0.2) is 33.3 Å². The Kier molecular flexibility index (Phi) is 6.58. The summed E-state index contributed by atoms with van der Waals surface area (Å²) in [6.07, 6.45) is 1.24. The van der Waals surface area contributed by atoms with Crippen LogP contribution < -0.4 is 20.1 Å². The fourth-order valence-electron chi connectivity index (χ4n) is 3.30. The van der Waals surface area contributed by atoms with Crippen molar-refractivity contribution in [2.24, 2.45) is 10.9 Å². The molecule has 0 aliphatic heterocycles. The van der Waals surface area contributed by atoms with Gasteiger partial charge in [0.2, 0.25) is 0 Å². The Morgan fingerprint density at radius 3 is 2.52 bits per heavy atom. The van der Waals surface area contributed by atoms with Gasteiger partial charge in [0.05, 0.1) is 20.8 Å². The van der Waals surface area contributed by atoms with Gasteiger partial charge in [-0.15, -0.1) is 0 Å². The van der Waals surface area contributed by atoms with Gasteiger partial charge in [0.25, 0.3) is 0 Å². The van der Waals surface area contributed by atoms with Crippen molar-refractivity contribution >= 4 is 5.96 Å². The third-order valence-corrected chi connectivity index (χ3v) is 4.89. The van der Waals surface area contributed by atoms with Crippen LogP contribution in [-0.2, 0) is 6.54 Å². The van der Waals surface area contributed by atoms with Crippen molar-refractivity contribution in [1.29, 1.82) is 0 Å². The lowest BCUT2D eigenvalue weighted by Crippen LogP contribution is -2.38. The Morgan fingerprint density at radius 2 is 1.81 bits per heavy atom. The summed E-state index contributed by atoms with van der Waals surface area (Å²) in [5.74, 6) is 3.67. The van der Waals surface area contributed by atoms with Crippen molar-refractivity contribution in [3.8, 4) is 11.5 Å². The maximum Gasteiger partial charge on any atom is 0.191 e. The molecule has 2 N–H and O–H groups in total. The maximum absolute atomic E-state index is 5.37. The van der Waals surface area contributed by atoms with Gasteiger partial charge in [0, 0.05) is 13.1 Å². The van der Waals surface area contributed by atoms with Crippen molar-refractivity contribution in [1.82, 2.24) is 10.6 Å². The van der Waals surface area contributed by atoms with Gasteiger partial charge in [0.15, 0.2) is 17.5 Å². The van der Waals surface area contributed by atoms with Gasteiger partial charge in [-0.2, -0.15) is 0 Å². The lowest BCUT2D eigenvalue weighted by atomic mass is 10.1. The average molecular weight is 367 g/mol. The van der Waals surface area contributed by atoms with Crippen LogP contribution in [0.4, 0.5) is 0 Å². The molecular formula is C22H29N3O2. The van der Waals surface area contributed by atoms with Crippen molar-refractivity contribution in [3.05, 3.63) is 59.7 Å². The second kappa shape index (κ2) is 9.31. The van der Waals surface area contributed by atoms with Crippen LogP contribution in [0.3, 0.4) is 0 Å². The van der Waals surface area contributed by atoms with Crippen molar-refractivity contribution in [2.45, 2.75) is 25.8 Å². The van der Waals surface area contributed by atoms with Crippen LogP contribution in [0, 0.1) is 5.92 Å². The SMILES string of the molecule is CCNC(=NCc1ccc(OC)c(OC)c1)NCC1CC1c1ccccc1. The summed E-state index contributed by atoms with van der Waals surface area (Å²) in [5.41, 5.74) is 2.52. The Bertz CT molecular complexity index is 761. The number of methoxy groups -OCH3 is 2. The van der Waals surface area contributed by atoms with E-state index in [0.717, 1.165) is 36.1 Å². The Balaban J connectivity index is 1.56. The van der Waals surface area contributed by atoms with Crippen LogP contribution in [0.15, 0.2) is 53.5 Å². The molecule has 2 unspecified atom stereocenters. The predicted octanol–water partition coefficient (Wildman–Crippen LogP) is 3.56. The van der Waals surface area contributed by atoms with Crippen LogP contribution in [0.2, 0.25) is 0 Å². The van der Waals surface area contributed by atoms with E-state index in [9.17, 15) is 0 Å². The minimum atomic E-state index is 0.586. The number of ether oxygens (including phenoxy) is 2. The van der Waals surface area contributed by atoms with E-state index in [2.05, 4.69) is 47.9 Å². The lowest BCUT2D eigenvalue weighted by molar-refractivity contribution is 0.354. The third kappa shape index (κ3) is 5.16.